The van der Waals surface area contributed by atoms with E-state index < -0.39 is 22.8 Å². The van der Waals surface area contributed by atoms with Crippen LogP contribution in [-0.2, 0) is 17.7 Å². The normalized spacial score (nSPS) is 15.3. The summed E-state index contributed by atoms with van der Waals surface area (Å²) >= 11 is 1.16. The average molecular weight is 502 g/mol. The van der Waals surface area contributed by atoms with E-state index in [1.165, 1.54) is 11.0 Å². The highest BCUT2D eigenvalue weighted by Gasteiger charge is 2.30. The molecule has 35 heavy (non-hydrogen) atoms. The minimum Gasteiger partial charge on any atom is -0.450 e. The minimum absolute atomic E-state index is 0.104. The molecule has 3 amide bonds. The summed E-state index contributed by atoms with van der Waals surface area (Å²) in [5.74, 6) is -1.27. The van der Waals surface area contributed by atoms with Crippen LogP contribution >= 0.6 is 11.3 Å². The van der Waals surface area contributed by atoms with Gasteiger partial charge in [-0.15, -0.1) is 11.3 Å². The largest absolute Gasteiger partial charge is 0.450 e. The van der Waals surface area contributed by atoms with Gasteiger partial charge in [0.2, 0.25) is 0 Å². The molecule has 0 aliphatic carbocycles. The summed E-state index contributed by atoms with van der Waals surface area (Å²) in [5.41, 5.74) is 7.00. The van der Waals surface area contributed by atoms with Gasteiger partial charge in [0.25, 0.3) is 17.5 Å². The van der Waals surface area contributed by atoms with Crippen LogP contribution in [0.25, 0.3) is 0 Å². The van der Waals surface area contributed by atoms with E-state index in [2.05, 4.69) is 5.32 Å². The maximum absolute atomic E-state index is 13.0. The van der Waals surface area contributed by atoms with E-state index in [-0.39, 0.29) is 35.0 Å². The van der Waals surface area contributed by atoms with Gasteiger partial charge < -0.3 is 25.6 Å². The van der Waals surface area contributed by atoms with Crippen LogP contribution < -0.4 is 16.0 Å². The predicted molar refractivity (Wildman–Crippen MR) is 131 cm³/mol. The number of nitro groups is 1. The molecule has 1 aromatic heterocycles. The van der Waals surface area contributed by atoms with Gasteiger partial charge in [-0.25, -0.2) is 4.79 Å². The predicted octanol–water partition coefficient (Wildman–Crippen LogP) is 3.51. The lowest BCUT2D eigenvalue weighted by Crippen LogP contribution is -2.36. The highest BCUT2D eigenvalue weighted by molar-refractivity contribution is 7.17. The Labute approximate surface area is 206 Å². The van der Waals surface area contributed by atoms with Gasteiger partial charge in [0.15, 0.2) is 0 Å². The van der Waals surface area contributed by atoms with Crippen LogP contribution in [0.5, 0.6) is 0 Å². The quantitative estimate of drug-likeness (QED) is 0.454. The second-order valence-electron chi connectivity index (χ2n) is 8.41. The van der Waals surface area contributed by atoms with Gasteiger partial charge in [-0.3, -0.25) is 19.7 Å². The molecule has 0 saturated carbocycles. The molecule has 12 heteroatoms. The first-order chi connectivity index (χ1) is 16.8. The Morgan fingerprint density at radius 1 is 1.20 bits per heavy atom. The highest BCUT2D eigenvalue weighted by atomic mass is 32.1. The number of anilines is 2. The molecule has 4 rings (SSSR count). The van der Waals surface area contributed by atoms with Crippen molar-refractivity contribution in [2.45, 2.75) is 39.2 Å². The SMILES string of the molecule is CCOC(=O)N1CCc2c(sc(NC(=O)c3ccc(N4CCCCC4)c([N+](=O)[O-])c3)c2C(N)=O)C1. The molecule has 2 aliphatic heterocycles. The number of thiophene rings is 1. The van der Waals surface area contributed by atoms with Gasteiger partial charge in [-0.05, 0) is 50.3 Å². The van der Waals surface area contributed by atoms with Gasteiger partial charge in [-0.1, -0.05) is 0 Å². The molecule has 0 atom stereocenters. The summed E-state index contributed by atoms with van der Waals surface area (Å²) in [7, 11) is 0. The number of rotatable bonds is 6. The van der Waals surface area contributed by atoms with Crippen LogP contribution in [0.2, 0.25) is 0 Å². The smallest absolute Gasteiger partial charge is 0.410 e. The monoisotopic (exact) mass is 501 g/mol. The van der Waals surface area contributed by atoms with Gasteiger partial charge in [0.1, 0.15) is 10.7 Å². The molecule has 1 saturated heterocycles. The first kappa shape index (κ1) is 24.5. The summed E-state index contributed by atoms with van der Waals surface area (Å²) < 4.78 is 5.06. The van der Waals surface area contributed by atoms with Crippen LogP contribution in [0.3, 0.4) is 0 Å². The van der Waals surface area contributed by atoms with Crippen molar-refractivity contribution < 1.29 is 24.0 Å². The number of fused-ring (bicyclic) bond motifs is 1. The van der Waals surface area contributed by atoms with Crippen molar-refractivity contribution in [3.63, 3.8) is 0 Å². The fourth-order valence-electron chi connectivity index (χ4n) is 4.51. The Bertz CT molecular complexity index is 1170. The molecular formula is C23H27N5O6S. The summed E-state index contributed by atoms with van der Waals surface area (Å²) in [6.07, 6.45) is 2.97. The van der Waals surface area contributed by atoms with Gasteiger partial charge >= 0.3 is 6.09 Å². The topological polar surface area (TPSA) is 148 Å². The number of nitrogens with zero attached hydrogens (tertiary/aromatic N) is 3. The average Bonchev–Trinajstić information content (AvgIpc) is 3.21. The lowest BCUT2D eigenvalue weighted by atomic mass is 10.0. The lowest BCUT2D eigenvalue weighted by Gasteiger charge is -2.28. The van der Waals surface area contributed by atoms with Crippen LogP contribution in [0.15, 0.2) is 18.2 Å². The van der Waals surface area contributed by atoms with E-state index in [1.54, 1.807) is 19.1 Å². The zero-order valence-electron chi connectivity index (χ0n) is 19.4. The Kier molecular flexibility index (Phi) is 7.20. The summed E-state index contributed by atoms with van der Waals surface area (Å²) in [6, 6.07) is 4.41. The number of amides is 3. The number of benzene rings is 1. The molecule has 0 unspecified atom stereocenters. The van der Waals surface area contributed by atoms with E-state index in [4.69, 9.17) is 10.5 Å². The Hall–Kier alpha value is -3.67. The van der Waals surface area contributed by atoms with Crippen LogP contribution in [0, 0.1) is 10.1 Å². The minimum atomic E-state index is -0.686. The number of nitrogens with one attached hydrogen (secondary N) is 1. The molecule has 1 aromatic carbocycles. The number of carbonyl (C=O) groups is 3. The van der Waals surface area contributed by atoms with Crippen LogP contribution in [0.4, 0.5) is 21.2 Å². The first-order valence-electron chi connectivity index (χ1n) is 11.5. The van der Waals surface area contributed by atoms with Crippen molar-refractivity contribution in [1.82, 2.24) is 4.90 Å². The van der Waals surface area contributed by atoms with Gasteiger partial charge in [0.05, 0.1) is 23.6 Å². The Balaban J connectivity index is 1.59. The molecule has 3 N–H and O–H groups in total. The van der Waals surface area contributed by atoms with Crippen molar-refractivity contribution in [2.75, 3.05) is 36.5 Å². The summed E-state index contributed by atoms with van der Waals surface area (Å²) in [6.45, 7) is 4.05. The van der Waals surface area contributed by atoms with Crippen molar-refractivity contribution in [3.8, 4) is 0 Å². The van der Waals surface area contributed by atoms with Crippen LogP contribution in [0.1, 0.15) is 57.3 Å². The lowest BCUT2D eigenvalue weighted by molar-refractivity contribution is -0.384. The Morgan fingerprint density at radius 2 is 1.94 bits per heavy atom. The molecule has 0 radical (unpaired) electrons. The second kappa shape index (κ2) is 10.3. The third-order valence-corrected chi connectivity index (χ3v) is 7.32. The highest BCUT2D eigenvalue weighted by Crippen LogP contribution is 2.38. The number of carbonyl (C=O) groups excluding carboxylic acids is 3. The number of hydrogen-bond donors (Lipinski definition) is 2. The van der Waals surface area contributed by atoms with E-state index >= 15 is 0 Å². The first-order valence-corrected chi connectivity index (χ1v) is 12.3. The molecule has 3 heterocycles. The third-order valence-electron chi connectivity index (χ3n) is 6.19. The van der Waals surface area contributed by atoms with Crippen molar-refractivity contribution in [2.24, 2.45) is 5.73 Å². The maximum Gasteiger partial charge on any atom is 0.410 e. The van der Waals surface area contributed by atoms with Crippen LogP contribution in [-0.4, -0.2) is 54.0 Å². The fraction of sp³-hybridized carbons (Fsp3) is 0.435. The van der Waals surface area contributed by atoms with E-state index in [1.807, 2.05) is 4.90 Å². The molecule has 0 bridgehead atoms. The van der Waals surface area contributed by atoms with Crippen molar-refractivity contribution >= 4 is 45.6 Å². The standard InChI is InChI=1S/C23H27N5O6S/c1-2-34-23(31)27-11-8-15-18(13-27)35-22(19(15)20(24)29)25-21(30)14-6-7-16(17(12-14)28(32)33)26-9-4-3-5-10-26/h6-7,12H,2-5,8-11,13H2,1H3,(H2,24,29)(H,25,30). The number of piperidine rings is 1. The van der Waals surface area contributed by atoms with Gasteiger partial charge in [-0.2, -0.15) is 0 Å². The zero-order chi connectivity index (χ0) is 25.1. The number of nitro benzene ring substituents is 1. The molecular weight excluding hydrogens is 474 g/mol. The second-order valence-corrected chi connectivity index (χ2v) is 9.51. The van der Waals surface area contributed by atoms with Crippen molar-refractivity contribution in [1.29, 1.82) is 0 Å². The van der Waals surface area contributed by atoms with E-state index in [0.29, 0.717) is 24.2 Å². The third kappa shape index (κ3) is 5.06. The van der Waals surface area contributed by atoms with Gasteiger partial charge in [0, 0.05) is 36.1 Å². The molecule has 2 aromatic rings. The van der Waals surface area contributed by atoms with Crippen molar-refractivity contribution in [3.05, 3.63) is 49.9 Å². The molecule has 11 nitrogen and oxygen atoms in total. The molecule has 186 valence electrons. The zero-order valence-corrected chi connectivity index (χ0v) is 20.2. The Morgan fingerprint density at radius 3 is 2.60 bits per heavy atom. The molecule has 0 spiro atoms. The molecule has 2 aliphatic rings. The van der Waals surface area contributed by atoms with E-state index in [0.717, 1.165) is 48.6 Å². The summed E-state index contributed by atoms with van der Waals surface area (Å²) in [5, 5.41) is 14.7. The van der Waals surface area contributed by atoms with E-state index in [9.17, 15) is 24.5 Å². The number of nitrogens with two attached hydrogens (primary N) is 1. The molecule has 1 fully saturated rings. The maximum atomic E-state index is 13.0. The number of primary amides is 1. The fourth-order valence-corrected chi connectivity index (χ4v) is 5.77. The summed E-state index contributed by atoms with van der Waals surface area (Å²) in [4.78, 5) is 52.9. The number of hydrogen-bond acceptors (Lipinski definition) is 8. The number of ether oxygens (including phenoxy) is 1.